The monoisotopic (exact) mass is 678 g/mol. The van der Waals surface area contributed by atoms with Gasteiger partial charge in [0.15, 0.2) is 5.82 Å². The summed E-state index contributed by atoms with van der Waals surface area (Å²) in [4.78, 5) is 35.4. The zero-order valence-corrected chi connectivity index (χ0v) is 25.4. The van der Waals surface area contributed by atoms with Gasteiger partial charge in [-0.1, -0.05) is 43.5 Å². The fourth-order valence-corrected chi connectivity index (χ4v) is 5.45. The fourth-order valence-electron chi connectivity index (χ4n) is 5.45. The quantitative estimate of drug-likeness (QED) is 0.100. The summed E-state index contributed by atoms with van der Waals surface area (Å²) >= 11 is 0. The predicted molar refractivity (Wildman–Crippen MR) is 165 cm³/mol. The number of nitro groups is 1. The summed E-state index contributed by atoms with van der Waals surface area (Å²) in [5.74, 6) is -1.75. The first kappa shape index (κ1) is 35.8. The molecule has 15 heteroatoms. The molecule has 3 aromatic carbocycles. The van der Waals surface area contributed by atoms with Gasteiger partial charge in [-0.05, 0) is 72.4 Å². The third-order valence-corrected chi connectivity index (χ3v) is 7.84. The van der Waals surface area contributed by atoms with E-state index in [1.54, 1.807) is 12.1 Å². The molecule has 9 nitrogen and oxygen atoms in total. The summed E-state index contributed by atoms with van der Waals surface area (Å²) in [6.45, 7) is -0.256. The molecule has 3 N–H and O–H groups in total. The van der Waals surface area contributed by atoms with E-state index in [0.717, 1.165) is 37.7 Å². The average molecular weight is 679 g/mol. The van der Waals surface area contributed by atoms with Gasteiger partial charge < -0.3 is 20.6 Å². The van der Waals surface area contributed by atoms with Gasteiger partial charge in [0.1, 0.15) is 0 Å². The van der Waals surface area contributed by atoms with Crippen LogP contribution in [0.15, 0.2) is 78.8 Å². The average Bonchev–Trinajstić information content (AvgIpc) is 3.03. The van der Waals surface area contributed by atoms with Crippen molar-refractivity contribution in [3.63, 3.8) is 0 Å². The molecule has 1 aliphatic carbocycles. The highest BCUT2D eigenvalue weighted by Gasteiger charge is 2.37. The number of carbonyl (C=O) groups is 2. The largest absolute Gasteiger partial charge is 0.481 e. The van der Waals surface area contributed by atoms with Crippen molar-refractivity contribution in [3.8, 4) is 0 Å². The van der Waals surface area contributed by atoms with E-state index in [4.69, 9.17) is 5.11 Å². The molecule has 0 heterocycles. The Morgan fingerprint density at radius 3 is 2.00 bits per heavy atom. The van der Waals surface area contributed by atoms with E-state index in [-0.39, 0.29) is 31.1 Å². The van der Waals surface area contributed by atoms with Crippen molar-refractivity contribution in [2.24, 2.45) is 0 Å². The molecule has 0 aliphatic heterocycles. The number of hydrogen-bond donors (Lipinski definition) is 3. The van der Waals surface area contributed by atoms with Gasteiger partial charge in [0.25, 0.3) is 12.1 Å². The van der Waals surface area contributed by atoms with Gasteiger partial charge in [-0.15, -0.1) is 0 Å². The molecule has 1 fully saturated rings. The first-order valence-electron chi connectivity index (χ1n) is 15.0. The first-order valence-corrected chi connectivity index (χ1v) is 15.0. The molecule has 0 atom stereocenters. The maximum atomic E-state index is 13.6. The summed E-state index contributed by atoms with van der Waals surface area (Å²) in [5.41, 5.74) is -1.81. The Morgan fingerprint density at radius 1 is 0.896 bits per heavy atom. The van der Waals surface area contributed by atoms with Crippen molar-refractivity contribution in [3.05, 3.63) is 117 Å². The molecule has 48 heavy (non-hydrogen) atoms. The molecule has 1 amide bonds. The zero-order valence-electron chi connectivity index (χ0n) is 25.4. The molecule has 4 rings (SSSR count). The van der Waals surface area contributed by atoms with E-state index in [0.29, 0.717) is 35.5 Å². The number of rotatable bonds is 12. The van der Waals surface area contributed by atoms with E-state index in [2.05, 4.69) is 10.6 Å². The van der Waals surface area contributed by atoms with Gasteiger partial charge >= 0.3 is 18.3 Å². The standard InChI is InChI=1S/C33H32F6N4O5/c34-32(35,36)25-16-26(33(37,38)39)18-27(17-25)41-29(20-43(47)48)42(28-12-10-23(11-13-28)22-4-2-1-3-5-22)19-21-6-8-24(9-7-21)31(46)40-15-14-30(44)45/h6-13,16-18,20,22,41H,1-5,14-15,19H2,(H,40,46)(H,44,45)/b29-20-. The predicted octanol–water partition coefficient (Wildman–Crippen LogP) is 8.17. The van der Waals surface area contributed by atoms with Crippen LogP contribution in [0.4, 0.5) is 37.7 Å². The number of halogens is 6. The Hall–Kier alpha value is -5.08. The maximum Gasteiger partial charge on any atom is 0.416 e. The van der Waals surface area contributed by atoms with E-state index in [1.807, 2.05) is 12.1 Å². The SMILES string of the molecule is O=C(O)CCNC(=O)c1ccc(CN(/C(=C\[N+](=O)[O-])Nc2cc(C(F)(F)F)cc(C(F)(F)F)c2)c2ccc(C3CCCCC3)cc2)cc1. The highest BCUT2D eigenvalue weighted by Crippen LogP contribution is 2.39. The highest BCUT2D eigenvalue weighted by atomic mass is 19.4. The number of aliphatic carboxylic acids is 1. The van der Waals surface area contributed by atoms with Crippen LogP contribution >= 0.6 is 0 Å². The van der Waals surface area contributed by atoms with Gasteiger partial charge in [-0.2, -0.15) is 26.3 Å². The fraction of sp³-hybridized carbons (Fsp3) is 0.333. The molecule has 0 saturated heterocycles. The summed E-state index contributed by atoms with van der Waals surface area (Å²) in [7, 11) is 0. The van der Waals surface area contributed by atoms with E-state index < -0.39 is 51.8 Å². The minimum Gasteiger partial charge on any atom is -0.481 e. The molecule has 0 spiro atoms. The smallest absolute Gasteiger partial charge is 0.416 e. The molecular formula is C33H32F6N4O5. The van der Waals surface area contributed by atoms with Gasteiger partial charge in [0, 0.05) is 30.0 Å². The number of alkyl halides is 6. The first-order chi connectivity index (χ1) is 22.6. The Morgan fingerprint density at radius 2 is 1.48 bits per heavy atom. The number of carboxylic acids is 1. The van der Waals surface area contributed by atoms with Gasteiger partial charge in [-0.25, -0.2) is 0 Å². The topological polar surface area (TPSA) is 125 Å². The molecule has 3 aromatic rings. The van der Waals surface area contributed by atoms with Crippen molar-refractivity contribution in [2.75, 3.05) is 16.8 Å². The van der Waals surface area contributed by atoms with Crippen LogP contribution in [0.3, 0.4) is 0 Å². The molecule has 0 aromatic heterocycles. The molecule has 0 bridgehead atoms. The summed E-state index contributed by atoms with van der Waals surface area (Å²) in [6.07, 6.45) is -4.85. The minimum atomic E-state index is -5.14. The van der Waals surface area contributed by atoms with Gasteiger partial charge in [-0.3, -0.25) is 19.7 Å². The van der Waals surface area contributed by atoms with E-state index >= 15 is 0 Å². The minimum absolute atomic E-state index is 0.0385. The lowest BCUT2D eigenvalue weighted by molar-refractivity contribution is -0.403. The van der Waals surface area contributed by atoms with Crippen LogP contribution in [0.2, 0.25) is 0 Å². The lowest BCUT2D eigenvalue weighted by Crippen LogP contribution is -2.28. The van der Waals surface area contributed by atoms with Crippen molar-refractivity contribution in [2.45, 2.75) is 63.3 Å². The Labute approximate surface area is 271 Å². The van der Waals surface area contributed by atoms with E-state index in [1.165, 1.54) is 29.2 Å². The van der Waals surface area contributed by atoms with E-state index in [9.17, 15) is 46.0 Å². The van der Waals surface area contributed by atoms with Crippen molar-refractivity contribution < 1.29 is 46.0 Å². The van der Waals surface area contributed by atoms with Crippen LogP contribution in [0.5, 0.6) is 0 Å². The normalized spacial score (nSPS) is 14.3. The van der Waals surface area contributed by atoms with Crippen molar-refractivity contribution in [1.82, 2.24) is 5.32 Å². The lowest BCUT2D eigenvalue weighted by Gasteiger charge is -2.28. The third-order valence-electron chi connectivity index (χ3n) is 7.84. The number of nitrogens with zero attached hydrogens (tertiary/aromatic N) is 2. The Kier molecular flexibility index (Phi) is 11.3. The molecule has 0 unspecified atom stereocenters. The number of nitrogens with one attached hydrogen (secondary N) is 2. The maximum absolute atomic E-state index is 13.6. The molecule has 1 saturated carbocycles. The highest BCUT2D eigenvalue weighted by molar-refractivity contribution is 5.94. The second-order valence-electron chi connectivity index (χ2n) is 11.3. The number of hydrogen-bond acceptors (Lipinski definition) is 6. The van der Waals surface area contributed by atoms with Crippen LogP contribution in [-0.2, 0) is 23.7 Å². The van der Waals surface area contributed by atoms with Gasteiger partial charge in [0.05, 0.1) is 22.5 Å². The number of benzene rings is 3. The Bertz CT molecular complexity index is 1600. The Balaban J connectivity index is 1.72. The second-order valence-corrected chi connectivity index (χ2v) is 11.3. The van der Waals surface area contributed by atoms with Crippen LogP contribution in [0.25, 0.3) is 0 Å². The summed E-state index contributed by atoms with van der Waals surface area (Å²) in [6, 6.07) is 13.8. The number of carboxylic acid groups (broad SMARTS) is 1. The lowest BCUT2D eigenvalue weighted by atomic mass is 9.84. The summed E-state index contributed by atoms with van der Waals surface area (Å²) < 4.78 is 81.6. The third kappa shape index (κ3) is 9.96. The molecular weight excluding hydrogens is 646 g/mol. The van der Waals surface area contributed by atoms with Crippen molar-refractivity contribution >= 4 is 23.3 Å². The van der Waals surface area contributed by atoms with Crippen molar-refractivity contribution in [1.29, 1.82) is 0 Å². The molecule has 1 aliphatic rings. The zero-order chi connectivity index (χ0) is 35.1. The summed E-state index contributed by atoms with van der Waals surface area (Å²) in [5, 5.41) is 25.4. The number of anilines is 2. The van der Waals surface area contributed by atoms with Gasteiger partial charge in [0.2, 0.25) is 0 Å². The van der Waals surface area contributed by atoms with Crippen LogP contribution in [-0.4, -0.2) is 28.5 Å². The molecule has 0 radical (unpaired) electrons. The van der Waals surface area contributed by atoms with Crippen LogP contribution < -0.4 is 15.5 Å². The van der Waals surface area contributed by atoms with Crippen LogP contribution in [0, 0.1) is 10.1 Å². The second kappa shape index (κ2) is 15.2. The van der Waals surface area contributed by atoms with Crippen LogP contribution in [0.1, 0.15) is 77.1 Å². The number of amides is 1. The molecule has 256 valence electrons. The number of carbonyl (C=O) groups excluding carboxylic acids is 1.